The second kappa shape index (κ2) is 9.40. The Morgan fingerprint density at radius 1 is 0.938 bits per heavy atom. The molecule has 4 aromatic rings. The summed E-state index contributed by atoms with van der Waals surface area (Å²) in [6.07, 6.45) is 0.188. The molecule has 0 saturated carbocycles. The highest BCUT2D eigenvalue weighted by molar-refractivity contribution is 5.91. The van der Waals surface area contributed by atoms with E-state index in [9.17, 15) is 9.59 Å². The first-order valence-corrected chi connectivity index (χ1v) is 11.1. The number of benzene rings is 2. The molecule has 0 bridgehead atoms. The number of carbonyl (C=O) groups excluding carboxylic acids is 1. The van der Waals surface area contributed by atoms with Crippen LogP contribution in [0.2, 0.25) is 0 Å². The lowest BCUT2D eigenvalue weighted by Gasteiger charge is -2.19. The fourth-order valence-corrected chi connectivity index (χ4v) is 4.16. The van der Waals surface area contributed by atoms with E-state index in [-0.39, 0.29) is 18.0 Å². The number of rotatable bonds is 9. The zero-order valence-corrected chi connectivity index (χ0v) is 18.9. The summed E-state index contributed by atoms with van der Waals surface area (Å²) in [5.41, 5.74) is 3.42. The number of hydrogen-bond donors (Lipinski definition) is 1. The van der Waals surface area contributed by atoms with Crippen LogP contribution < -0.4 is 11.0 Å². The predicted molar refractivity (Wildman–Crippen MR) is 128 cm³/mol. The number of anilines is 1. The van der Waals surface area contributed by atoms with Crippen LogP contribution in [0.25, 0.3) is 22.1 Å². The van der Waals surface area contributed by atoms with Crippen molar-refractivity contribution in [3.05, 3.63) is 59.0 Å². The second-order valence-corrected chi connectivity index (χ2v) is 7.88. The highest BCUT2D eigenvalue weighted by Gasteiger charge is 2.15. The van der Waals surface area contributed by atoms with Gasteiger partial charge in [0.15, 0.2) is 0 Å². The number of aromatic nitrogens is 4. The molecule has 0 aliphatic rings. The molecule has 0 saturated heterocycles. The molecule has 2 heterocycles. The number of hydrogen-bond acceptors (Lipinski definition) is 4. The molecule has 32 heavy (non-hydrogen) atoms. The van der Waals surface area contributed by atoms with Crippen molar-refractivity contribution in [2.24, 2.45) is 7.05 Å². The van der Waals surface area contributed by atoms with Gasteiger partial charge in [-0.25, -0.2) is 9.78 Å². The summed E-state index contributed by atoms with van der Waals surface area (Å²) in [5.74, 6) is 0.387. The Morgan fingerprint density at radius 3 is 2.31 bits per heavy atom. The summed E-state index contributed by atoms with van der Waals surface area (Å²) in [7, 11) is 1.75. The minimum absolute atomic E-state index is 0.120. The number of aryl methyl sites for hydroxylation is 2. The molecule has 0 atom stereocenters. The van der Waals surface area contributed by atoms with Crippen molar-refractivity contribution < 1.29 is 4.79 Å². The van der Waals surface area contributed by atoms with Gasteiger partial charge >= 0.3 is 5.69 Å². The first kappa shape index (κ1) is 21.8. The van der Waals surface area contributed by atoms with E-state index in [0.29, 0.717) is 12.5 Å². The monoisotopic (exact) mass is 434 g/mol. The number of likely N-dealkylation sites (N-methyl/N-ethyl adjacent to an activating group) is 1. The Labute approximate surface area is 187 Å². The first-order valence-electron chi connectivity index (χ1n) is 11.1. The van der Waals surface area contributed by atoms with Crippen LogP contribution in [0.15, 0.2) is 53.3 Å². The highest BCUT2D eigenvalue weighted by atomic mass is 16.2. The van der Waals surface area contributed by atoms with E-state index in [1.807, 2.05) is 48.5 Å². The lowest BCUT2D eigenvalue weighted by atomic mass is 10.3. The minimum atomic E-state index is -0.163. The number of nitrogens with one attached hydrogen (secondary N) is 1. The van der Waals surface area contributed by atoms with Crippen LogP contribution in [0.4, 0.5) is 5.95 Å². The number of nitrogens with zero attached hydrogens (tertiary/aromatic N) is 5. The number of imidazole rings is 2. The fourth-order valence-electron chi connectivity index (χ4n) is 4.16. The van der Waals surface area contributed by atoms with Gasteiger partial charge in [0.25, 0.3) is 0 Å². The van der Waals surface area contributed by atoms with Crippen LogP contribution in [-0.4, -0.2) is 49.1 Å². The van der Waals surface area contributed by atoms with E-state index in [2.05, 4.69) is 33.6 Å². The largest absolute Gasteiger partial charge is 0.328 e. The van der Waals surface area contributed by atoms with E-state index >= 15 is 0 Å². The van der Waals surface area contributed by atoms with Crippen LogP contribution >= 0.6 is 0 Å². The zero-order valence-electron chi connectivity index (χ0n) is 18.9. The molecule has 0 aliphatic heterocycles. The third kappa shape index (κ3) is 4.18. The van der Waals surface area contributed by atoms with E-state index in [0.717, 1.165) is 48.2 Å². The van der Waals surface area contributed by atoms with Gasteiger partial charge in [-0.15, -0.1) is 0 Å². The molecular formula is C24H30N6O2. The summed E-state index contributed by atoms with van der Waals surface area (Å²) in [6.45, 7) is 8.17. The van der Waals surface area contributed by atoms with Gasteiger partial charge in [0.05, 0.1) is 22.1 Å². The van der Waals surface area contributed by atoms with Crippen molar-refractivity contribution in [3.63, 3.8) is 0 Å². The molecule has 0 fully saturated rings. The first-order chi connectivity index (χ1) is 15.5. The molecule has 0 unspecified atom stereocenters. The van der Waals surface area contributed by atoms with Gasteiger partial charge in [0.1, 0.15) is 0 Å². The molecule has 0 spiro atoms. The Bertz CT molecular complexity index is 1300. The van der Waals surface area contributed by atoms with Gasteiger partial charge in [-0.05, 0) is 37.4 Å². The maximum absolute atomic E-state index is 12.8. The molecule has 2 aromatic carbocycles. The molecule has 1 N–H and O–H groups in total. The molecule has 0 aliphatic carbocycles. The summed E-state index contributed by atoms with van der Waals surface area (Å²) < 4.78 is 5.33. The lowest BCUT2D eigenvalue weighted by molar-refractivity contribution is -0.116. The van der Waals surface area contributed by atoms with Crippen LogP contribution in [0.1, 0.15) is 20.3 Å². The molecule has 2 aromatic heterocycles. The summed E-state index contributed by atoms with van der Waals surface area (Å²) in [6, 6.07) is 15.5. The SMILES string of the molecule is CCN(CC)CCn1c(NC(=O)CCn2c(=O)n(C)c3ccccc32)nc2ccccc21. The van der Waals surface area contributed by atoms with Crippen LogP contribution in [0, 0.1) is 0 Å². The fraction of sp³-hybridized carbons (Fsp3) is 0.375. The minimum Gasteiger partial charge on any atom is -0.309 e. The summed E-state index contributed by atoms with van der Waals surface area (Å²) >= 11 is 0. The molecule has 8 heteroatoms. The summed E-state index contributed by atoms with van der Waals surface area (Å²) in [4.78, 5) is 32.4. The van der Waals surface area contributed by atoms with Crippen molar-refractivity contribution in [2.45, 2.75) is 33.4 Å². The molecule has 1 amide bonds. The van der Waals surface area contributed by atoms with E-state index in [1.54, 1.807) is 16.2 Å². The van der Waals surface area contributed by atoms with Gasteiger partial charge in [-0.3, -0.25) is 19.2 Å². The lowest BCUT2D eigenvalue weighted by Crippen LogP contribution is -2.28. The zero-order chi connectivity index (χ0) is 22.7. The number of carbonyl (C=O) groups is 1. The average Bonchev–Trinajstić information content (AvgIpc) is 3.27. The number of fused-ring (bicyclic) bond motifs is 2. The smallest absolute Gasteiger partial charge is 0.309 e. The van der Waals surface area contributed by atoms with Gasteiger partial charge in [-0.2, -0.15) is 0 Å². The topological polar surface area (TPSA) is 77.1 Å². The highest BCUT2D eigenvalue weighted by Crippen LogP contribution is 2.20. The van der Waals surface area contributed by atoms with Crippen LogP contribution in [-0.2, 0) is 24.9 Å². The van der Waals surface area contributed by atoms with E-state index < -0.39 is 0 Å². The standard InChI is InChI=1S/C24H30N6O2/c1-4-28(5-2)16-17-29-19-11-7-6-10-18(19)25-23(29)26-22(31)14-15-30-21-13-9-8-12-20(21)27(3)24(30)32/h6-13H,4-5,14-17H2,1-3H3,(H,25,26,31). The molecule has 168 valence electrons. The Kier molecular flexibility index (Phi) is 6.41. The normalized spacial score (nSPS) is 11.6. The van der Waals surface area contributed by atoms with Crippen LogP contribution in [0.5, 0.6) is 0 Å². The third-order valence-electron chi connectivity index (χ3n) is 6.05. The predicted octanol–water partition coefficient (Wildman–Crippen LogP) is 3.06. The molecule has 0 radical (unpaired) electrons. The Balaban J connectivity index is 1.52. The second-order valence-electron chi connectivity index (χ2n) is 7.88. The molecule has 8 nitrogen and oxygen atoms in total. The van der Waals surface area contributed by atoms with Crippen LogP contribution in [0.3, 0.4) is 0 Å². The maximum Gasteiger partial charge on any atom is 0.328 e. The van der Waals surface area contributed by atoms with Gasteiger partial charge in [0.2, 0.25) is 11.9 Å². The van der Waals surface area contributed by atoms with Gasteiger partial charge in [0, 0.05) is 33.1 Å². The molecular weight excluding hydrogens is 404 g/mol. The molecule has 4 rings (SSSR count). The third-order valence-corrected chi connectivity index (χ3v) is 6.05. The van der Waals surface area contributed by atoms with Crippen molar-refractivity contribution in [3.8, 4) is 0 Å². The van der Waals surface area contributed by atoms with E-state index in [4.69, 9.17) is 0 Å². The summed E-state index contributed by atoms with van der Waals surface area (Å²) in [5, 5.41) is 2.98. The number of amides is 1. The van der Waals surface area contributed by atoms with E-state index in [1.165, 1.54) is 0 Å². The van der Waals surface area contributed by atoms with Crippen molar-refractivity contribution in [2.75, 3.05) is 25.0 Å². The van der Waals surface area contributed by atoms with Gasteiger partial charge < -0.3 is 9.47 Å². The quantitative estimate of drug-likeness (QED) is 0.439. The Morgan fingerprint density at radius 2 is 1.59 bits per heavy atom. The average molecular weight is 435 g/mol. The maximum atomic E-state index is 12.8. The van der Waals surface area contributed by atoms with Gasteiger partial charge in [-0.1, -0.05) is 38.1 Å². The Hall–Kier alpha value is -3.39. The van der Waals surface area contributed by atoms with Crippen molar-refractivity contribution >= 4 is 33.9 Å². The van der Waals surface area contributed by atoms with Crippen molar-refractivity contribution in [1.82, 2.24) is 23.6 Å². The number of para-hydroxylation sites is 4. The van der Waals surface area contributed by atoms with Crippen molar-refractivity contribution in [1.29, 1.82) is 0 Å².